The molecule has 3 nitrogen and oxygen atoms in total. The third kappa shape index (κ3) is 5.59. The highest BCUT2D eigenvalue weighted by Crippen LogP contribution is 2.29. The summed E-state index contributed by atoms with van der Waals surface area (Å²) in [4.78, 5) is 1.90. The summed E-state index contributed by atoms with van der Waals surface area (Å²) in [5, 5.41) is 8.60. The van der Waals surface area contributed by atoms with Crippen LogP contribution in [0.25, 0.3) is 0 Å². The normalized spacial score (nSPS) is 11.6. The second-order valence-electron chi connectivity index (χ2n) is 4.38. The molecule has 0 saturated carbocycles. The van der Waals surface area contributed by atoms with Crippen LogP contribution < -0.4 is 0 Å². The largest absolute Gasteiger partial charge is 0.416 e. The van der Waals surface area contributed by atoms with Crippen molar-refractivity contribution in [2.75, 3.05) is 26.8 Å². The van der Waals surface area contributed by atoms with E-state index in [0.717, 1.165) is 12.1 Å². The van der Waals surface area contributed by atoms with Crippen molar-refractivity contribution in [1.82, 2.24) is 4.90 Å². The number of nitriles is 1. The zero-order valence-corrected chi connectivity index (χ0v) is 11.3. The van der Waals surface area contributed by atoms with Crippen molar-refractivity contribution in [2.24, 2.45) is 0 Å². The summed E-state index contributed by atoms with van der Waals surface area (Å²) in [6.45, 7) is 1.93. The van der Waals surface area contributed by atoms with Crippen molar-refractivity contribution >= 4 is 0 Å². The van der Waals surface area contributed by atoms with Crippen LogP contribution in [0.1, 0.15) is 17.5 Å². The third-order valence-corrected chi connectivity index (χ3v) is 2.81. The van der Waals surface area contributed by atoms with E-state index in [0.29, 0.717) is 38.2 Å². The van der Waals surface area contributed by atoms with Crippen molar-refractivity contribution in [3.63, 3.8) is 0 Å². The fourth-order valence-corrected chi connectivity index (χ4v) is 1.80. The minimum atomic E-state index is -4.33. The minimum Gasteiger partial charge on any atom is -0.383 e. The third-order valence-electron chi connectivity index (χ3n) is 2.81. The number of hydrogen-bond donors (Lipinski definition) is 0. The van der Waals surface area contributed by atoms with Gasteiger partial charge in [-0.05, 0) is 11.6 Å². The highest BCUT2D eigenvalue weighted by molar-refractivity contribution is 5.25. The fourth-order valence-electron chi connectivity index (χ4n) is 1.80. The first-order valence-corrected chi connectivity index (χ1v) is 6.21. The first kappa shape index (κ1) is 16.5. The molecule has 0 N–H and O–H groups in total. The van der Waals surface area contributed by atoms with Gasteiger partial charge in [0.05, 0.1) is 18.2 Å². The van der Waals surface area contributed by atoms with Crippen LogP contribution in [-0.4, -0.2) is 31.7 Å². The Morgan fingerprint density at radius 2 is 2.05 bits per heavy atom. The lowest BCUT2D eigenvalue weighted by molar-refractivity contribution is -0.137. The van der Waals surface area contributed by atoms with E-state index >= 15 is 0 Å². The van der Waals surface area contributed by atoms with Crippen LogP contribution >= 0.6 is 0 Å². The lowest BCUT2D eigenvalue weighted by Crippen LogP contribution is -2.28. The standard InChI is InChI=1S/C14H17F3N2O/c1-20-9-8-19(7-3-6-18)11-12-4-2-5-13(10-12)14(15,16)17/h2,4-5,10H,3,7-9,11H2,1H3. The first-order valence-electron chi connectivity index (χ1n) is 6.21. The molecule has 1 aromatic rings. The van der Waals surface area contributed by atoms with Gasteiger partial charge in [0.25, 0.3) is 0 Å². The Morgan fingerprint density at radius 1 is 1.30 bits per heavy atom. The highest BCUT2D eigenvalue weighted by atomic mass is 19.4. The maximum Gasteiger partial charge on any atom is 0.416 e. The SMILES string of the molecule is COCCN(CCC#N)Cc1cccc(C(F)(F)F)c1. The van der Waals surface area contributed by atoms with Gasteiger partial charge in [-0.25, -0.2) is 0 Å². The van der Waals surface area contributed by atoms with E-state index in [1.807, 2.05) is 11.0 Å². The second kappa shape index (κ2) is 7.88. The molecule has 1 aromatic carbocycles. The second-order valence-corrected chi connectivity index (χ2v) is 4.38. The van der Waals surface area contributed by atoms with Gasteiger partial charge in [-0.2, -0.15) is 18.4 Å². The van der Waals surface area contributed by atoms with Gasteiger partial charge in [-0.3, -0.25) is 4.90 Å². The molecule has 0 radical (unpaired) electrons. The molecule has 0 heterocycles. The smallest absolute Gasteiger partial charge is 0.383 e. The Hall–Kier alpha value is -1.58. The molecule has 20 heavy (non-hydrogen) atoms. The number of methoxy groups -OCH3 is 1. The summed E-state index contributed by atoms with van der Waals surface area (Å²) in [6.07, 6.45) is -4.00. The maximum absolute atomic E-state index is 12.6. The van der Waals surface area contributed by atoms with Gasteiger partial charge in [0.2, 0.25) is 0 Å². The predicted octanol–water partition coefficient (Wildman–Crippen LogP) is 3.07. The molecule has 0 aromatic heterocycles. The zero-order chi connectivity index (χ0) is 15.0. The number of halogens is 3. The van der Waals surface area contributed by atoms with E-state index in [1.165, 1.54) is 6.07 Å². The Morgan fingerprint density at radius 3 is 2.65 bits per heavy atom. The lowest BCUT2D eigenvalue weighted by atomic mass is 10.1. The summed E-state index contributed by atoms with van der Waals surface area (Å²) in [5.74, 6) is 0. The number of rotatable bonds is 7. The summed E-state index contributed by atoms with van der Waals surface area (Å²) in [6, 6.07) is 7.29. The van der Waals surface area contributed by atoms with Gasteiger partial charge < -0.3 is 4.74 Å². The number of ether oxygens (including phenoxy) is 1. The van der Waals surface area contributed by atoms with E-state index in [2.05, 4.69) is 0 Å². The molecule has 0 aliphatic heterocycles. The van der Waals surface area contributed by atoms with Crippen molar-refractivity contribution in [3.05, 3.63) is 35.4 Å². The average Bonchev–Trinajstić information content (AvgIpc) is 2.41. The molecule has 0 fully saturated rings. The van der Waals surface area contributed by atoms with Crippen molar-refractivity contribution in [2.45, 2.75) is 19.1 Å². The van der Waals surface area contributed by atoms with Gasteiger partial charge in [-0.15, -0.1) is 0 Å². The molecule has 0 bridgehead atoms. The Kier molecular flexibility index (Phi) is 6.49. The Labute approximate surface area is 116 Å². The topological polar surface area (TPSA) is 36.3 Å². The van der Waals surface area contributed by atoms with Gasteiger partial charge in [-0.1, -0.05) is 18.2 Å². The van der Waals surface area contributed by atoms with Gasteiger partial charge >= 0.3 is 6.18 Å². The van der Waals surface area contributed by atoms with Crippen LogP contribution in [0.4, 0.5) is 13.2 Å². The minimum absolute atomic E-state index is 0.336. The van der Waals surface area contributed by atoms with Crippen molar-refractivity contribution in [3.8, 4) is 6.07 Å². The molecule has 6 heteroatoms. The summed E-state index contributed by atoms with van der Waals surface area (Å²) >= 11 is 0. The number of hydrogen-bond acceptors (Lipinski definition) is 3. The fraction of sp³-hybridized carbons (Fsp3) is 0.500. The van der Waals surface area contributed by atoms with E-state index in [4.69, 9.17) is 10.00 Å². The van der Waals surface area contributed by atoms with Gasteiger partial charge in [0.15, 0.2) is 0 Å². The molecular weight excluding hydrogens is 269 g/mol. The van der Waals surface area contributed by atoms with Crippen molar-refractivity contribution < 1.29 is 17.9 Å². The van der Waals surface area contributed by atoms with E-state index in [9.17, 15) is 13.2 Å². The quantitative estimate of drug-likeness (QED) is 0.773. The Bertz CT molecular complexity index is 454. The predicted molar refractivity (Wildman–Crippen MR) is 68.8 cm³/mol. The number of nitrogens with zero attached hydrogens (tertiary/aromatic N) is 2. The van der Waals surface area contributed by atoms with Crippen LogP contribution in [0.2, 0.25) is 0 Å². The van der Waals surface area contributed by atoms with E-state index in [-0.39, 0.29) is 0 Å². The average molecular weight is 286 g/mol. The van der Waals surface area contributed by atoms with Crippen molar-refractivity contribution in [1.29, 1.82) is 5.26 Å². The number of alkyl halides is 3. The molecule has 0 atom stereocenters. The molecule has 0 saturated heterocycles. The molecule has 0 aliphatic rings. The monoisotopic (exact) mass is 286 g/mol. The summed E-state index contributed by atoms with van der Waals surface area (Å²) < 4.78 is 42.9. The zero-order valence-electron chi connectivity index (χ0n) is 11.3. The summed E-state index contributed by atoms with van der Waals surface area (Å²) in [7, 11) is 1.56. The lowest BCUT2D eigenvalue weighted by Gasteiger charge is -2.21. The molecule has 0 spiro atoms. The maximum atomic E-state index is 12.6. The van der Waals surface area contributed by atoms with E-state index < -0.39 is 11.7 Å². The Balaban J connectivity index is 2.74. The van der Waals surface area contributed by atoms with Crippen LogP contribution in [0.3, 0.4) is 0 Å². The molecule has 0 unspecified atom stereocenters. The molecular formula is C14H17F3N2O. The van der Waals surface area contributed by atoms with E-state index in [1.54, 1.807) is 13.2 Å². The molecule has 1 rings (SSSR count). The molecule has 110 valence electrons. The van der Waals surface area contributed by atoms with Crippen LogP contribution in [0.5, 0.6) is 0 Å². The van der Waals surface area contributed by atoms with Crippen LogP contribution in [0.15, 0.2) is 24.3 Å². The highest BCUT2D eigenvalue weighted by Gasteiger charge is 2.30. The molecule has 0 amide bonds. The number of benzene rings is 1. The van der Waals surface area contributed by atoms with Crippen LogP contribution in [0, 0.1) is 11.3 Å². The molecule has 0 aliphatic carbocycles. The van der Waals surface area contributed by atoms with Gasteiger partial charge in [0.1, 0.15) is 0 Å². The van der Waals surface area contributed by atoms with Gasteiger partial charge in [0, 0.05) is 33.2 Å². The van der Waals surface area contributed by atoms with Crippen LogP contribution in [-0.2, 0) is 17.5 Å². The first-order chi connectivity index (χ1) is 9.47. The summed E-state index contributed by atoms with van der Waals surface area (Å²) in [5.41, 5.74) is -0.0733.